The molecular weight excluding hydrogens is 562 g/mol. The monoisotopic (exact) mass is 603 g/mol. The van der Waals surface area contributed by atoms with E-state index in [9.17, 15) is 14.4 Å². The fourth-order valence-electron chi connectivity index (χ4n) is 4.35. The molecule has 2 amide bonds. The zero-order valence-electron chi connectivity index (χ0n) is 25.6. The summed E-state index contributed by atoms with van der Waals surface area (Å²) in [7, 11) is 0. The molecule has 0 aliphatic heterocycles. The highest BCUT2D eigenvalue weighted by Gasteiger charge is 2.25. The average molecular weight is 604 g/mol. The van der Waals surface area contributed by atoms with Crippen LogP contribution in [-0.2, 0) is 27.4 Å². The summed E-state index contributed by atoms with van der Waals surface area (Å²) in [6.07, 6.45) is 1.30. The number of rotatable bonds is 13. The number of nitrogens with zero attached hydrogens (tertiary/aromatic N) is 2. The Bertz CT molecular complexity index is 1610. The third-order valence-corrected chi connectivity index (χ3v) is 6.70. The summed E-state index contributed by atoms with van der Waals surface area (Å²) in [4.78, 5) is 45.7. The van der Waals surface area contributed by atoms with Crippen LogP contribution in [0.3, 0.4) is 0 Å². The summed E-state index contributed by atoms with van der Waals surface area (Å²) in [6, 6.07) is 17.2. The zero-order chi connectivity index (χ0) is 31.7. The summed E-state index contributed by atoms with van der Waals surface area (Å²) < 4.78 is 12.7. The Morgan fingerprint density at radius 1 is 1.07 bits per heavy atom. The molecule has 12 nitrogen and oxygen atoms in total. The summed E-state index contributed by atoms with van der Waals surface area (Å²) in [6.45, 7) is 8.75. The Kier molecular flexibility index (Phi) is 10.6. The number of ether oxygens (including phenoxy) is 2. The van der Waals surface area contributed by atoms with Gasteiger partial charge in [-0.15, -0.1) is 0 Å². The Balaban J connectivity index is 1.42. The van der Waals surface area contributed by atoms with Crippen molar-refractivity contribution in [3.8, 4) is 0 Å². The molecule has 0 saturated carbocycles. The van der Waals surface area contributed by atoms with Gasteiger partial charge in [0, 0.05) is 18.3 Å². The number of nitrogens with one attached hydrogen (secondary N) is 4. The maximum absolute atomic E-state index is 13.2. The van der Waals surface area contributed by atoms with Gasteiger partial charge in [0.25, 0.3) is 0 Å². The minimum Gasteiger partial charge on any atom is -0.445 e. The first-order valence-corrected chi connectivity index (χ1v) is 14.7. The summed E-state index contributed by atoms with van der Waals surface area (Å²) in [5.41, 5.74) is 8.60. The Morgan fingerprint density at radius 3 is 2.48 bits per heavy atom. The number of hydrogen-bond donors (Lipinski definition) is 5. The lowest BCUT2D eigenvalue weighted by molar-refractivity contribution is -0.121. The lowest BCUT2D eigenvalue weighted by Gasteiger charge is -2.24. The van der Waals surface area contributed by atoms with Gasteiger partial charge in [0.1, 0.15) is 24.0 Å². The third kappa shape index (κ3) is 9.08. The molecule has 0 unspecified atom stereocenters. The molecule has 44 heavy (non-hydrogen) atoms. The SMILES string of the molecule is CCCCNc1cc2c([nH]c(=O)n2Cc2ccc(NC(=O)[C@H](COC(C)(C)C)NC(=O)OCc3ccccc3)cc2)c(N)n1. The number of benzene rings is 2. The number of alkyl carbamates (subject to hydrolysis) is 1. The number of pyridine rings is 1. The number of hydrogen-bond acceptors (Lipinski definition) is 8. The van der Waals surface area contributed by atoms with Gasteiger partial charge in [0.15, 0.2) is 5.82 Å². The van der Waals surface area contributed by atoms with Gasteiger partial charge in [-0.2, -0.15) is 0 Å². The summed E-state index contributed by atoms with van der Waals surface area (Å²) in [5.74, 6) is 0.396. The number of aromatic nitrogens is 3. The second kappa shape index (κ2) is 14.6. The quantitative estimate of drug-likeness (QED) is 0.138. The smallest absolute Gasteiger partial charge is 0.408 e. The van der Waals surface area contributed by atoms with Crippen molar-refractivity contribution in [1.29, 1.82) is 0 Å². The minimum absolute atomic E-state index is 0.0510. The number of unbranched alkanes of at least 4 members (excludes halogenated alkanes) is 1. The van der Waals surface area contributed by atoms with E-state index >= 15 is 0 Å². The molecule has 0 radical (unpaired) electrons. The van der Waals surface area contributed by atoms with Gasteiger partial charge in [0.05, 0.1) is 24.3 Å². The van der Waals surface area contributed by atoms with E-state index in [2.05, 4.69) is 32.8 Å². The van der Waals surface area contributed by atoms with Crippen LogP contribution in [0.25, 0.3) is 11.0 Å². The fourth-order valence-corrected chi connectivity index (χ4v) is 4.35. The number of nitrogens with two attached hydrogens (primary N) is 1. The van der Waals surface area contributed by atoms with Gasteiger partial charge in [-0.1, -0.05) is 55.8 Å². The Labute approximate surface area is 256 Å². The van der Waals surface area contributed by atoms with Crippen molar-refractivity contribution in [3.05, 3.63) is 82.3 Å². The van der Waals surface area contributed by atoms with Crippen LogP contribution in [0, 0.1) is 0 Å². The number of amides is 2. The second-order valence-corrected chi connectivity index (χ2v) is 11.5. The van der Waals surface area contributed by atoms with Crippen molar-refractivity contribution in [2.75, 3.05) is 29.5 Å². The molecule has 4 aromatic rings. The van der Waals surface area contributed by atoms with Crippen LogP contribution in [-0.4, -0.2) is 51.3 Å². The fraction of sp³-hybridized carbons (Fsp3) is 0.375. The maximum Gasteiger partial charge on any atom is 0.408 e. The first kappa shape index (κ1) is 32.1. The average Bonchev–Trinajstić information content (AvgIpc) is 3.30. The molecule has 0 bridgehead atoms. The van der Waals surface area contributed by atoms with Gasteiger partial charge in [-0.3, -0.25) is 9.36 Å². The number of carbonyl (C=O) groups is 2. The molecular formula is C32H41N7O5. The van der Waals surface area contributed by atoms with Crippen molar-refractivity contribution >= 4 is 40.4 Å². The largest absolute Gasteiger partial charge is 0.445 e. The van der Waals surface area contributed by atoms with Gasteiger partial charge < -0.3 is 36.1 Å². The van der Waals surface area contributed by atoms with E-state index in [0.29, 0.717) is 22.5 Å². The van der Waals surface area contributed by atoms with E-state index < -0.39 is 23.6 Å². The van der Waals surface area contributed by atoms with Crippen molar-refractivity contribution in [3.63, 3.8) is 0 Å². The second-order valence-electron chi connectivity index (χ2n) is 11.5. The van der Waals surface area contributed by atoms with Crippen LogP contribution < -0.4 is 27.4 Å². The van der Waals surface area contributed by atoms with E-state index in [1.54, 1.807) is 16.7 Å². The predicted octanol–water partition coefficient (Wildman–Crippen LogP) is 4.62. The van der Waals surface area contributed by atoms with E-state index in [1.807, 2.05) is 69.3 Å². The standard InChI is InChI=1S/C32H41N7O5/c1-5-6-16-34-26-17-25-27(28(33)37-26)38-30(41)39(25)18-21-12-14-23(15-13-21)35-29(40)24(20-44-32(2,3)4)36-31(42)43-19-22-10-8-7-9-11-22/h7-15,17,24H,5-6,16,18-20H2,1-4H3,(H,35,40)(H,36,42)(H,38,41)(H3,33,34,37)/t24-/m0/s1. The van der Waals surface area contributed by atoms with Gasteiger partial charge in [-0.05, 0) is 50.5 Å². The topological polar surface area (TPSA) is 165 Å². The number of carbonyl (C=O) groups excluding carboxylic acids is 2. The van der Waals surface area contributed by atoms with E-state index in [4.69, 9.17) is 15.2 Å². The molecule has 0 saturated heterocycles. The highest BCUT2D eigenvalue weighted by atomic mass is 16.5. The number of nitrogen functional groups attached to an aromatic ring is 1. The molecule has 0 aliphatic carbocycles. The summed E-state index contributed by atoms with van der Waals surface area (Å²) in [5, 5.41) is 8.69. The molecule has 4 rings (SSSR count). The van der Waals surface area contributed by atoms with E-state index in [0.717, 1.165) is 30.5 Å². The number of imidazole rings is 1. The van der Waals surface area contributed by atoms with Crippen LogP contribution in [0.15, 0.2) is 65.5 Å². The molecule has 0 aliphatic rings. The molecule has 0 fully saturated rings. The van der Waals surface area contributed by atoms with Crippen LogP contribution in [0.1, 0.15) is 51.7 Å². The summed E-state index contributed by atoms with van der Waals surface area (Å²) >= 11 is 0. The number of H-pyrrole nitrogens is 1. The molecule has 2 heterocycles. The van der Waals surface area contributed by atoms with Crippen molar-refractivity contribution in [2.24, 2.45) is 0 Å². The highest BCUT2D eigenvalue weighted by Crippen LogP contribution is 2.21. The van der Waals surface area contributed by atoms with Crippen LogP contribution in [0.2, 0.25) is 0 Å². The van der Waals surface area contributed by atoms with Gasteiger partial charge in [0.2, 0.25) is 5.91 Å². The number of fused-ring (bicyclic) bond motifs is 1. The molecule has 12 heteroatoms. The lowest BCUT2D eigenvalue weighted by atomic mass is 10.1. The third-order valence-electron chi connectivity index (χ3n) is 6.70. The molecule has 234 valence electrons. The number of anilines is 3. The first-order chi connectivity index (χ1) is 21.0. The van der Waals surface area contributed by atoms with Crippen LogP contribution in [0.5, 0.6) is 0 Å². The van der Waals surface area contributed by atoms with Crippen LogP contribution >= 0.6 is 0 Å². The normalized spacial score (nSPS) is 12.1. The van der Waals surface area contributed by atoms with E-state index in [-0.39, 0.29) is 31.3 Å². The zero-order valence-corrected chi connectivity index (χ0v) is 25.6. The predicted molar refractivity (Wildman–Crippen MR) is 172 cm³/mol. The van der Waals surface area contributed by atoms with Gasteiger partial charge in [-0.25, -0.2) is 14.6 Å². The highest BCUT2D eigenvalue weighted by molar-refractivity contribution is 5.96. The van der Waals surface area contributed by atoms with E-state index in [1.165, 1.54) is 0 Å². The maximum atomic E-state index is 13.2. The Morgan fingerprint density at radius 2 is 1.80 bits per heavy atom. The molecule has 1 atom stereocenters. The van der Waals surface area contributed by atoms with Gasteiger partial charge >= 0.3 is 11.8 Å². The lowest BCUT2D eigenvalue weighted by Crippen LogP contribution is -2.48. The van der Waals surface area contributed by atoms with Crippen LogP contribution in [0.4, 0.5) is 22.1 Å². The van der Waals surface area contributed by atoms with Crippen molar-refractivity contribution in [2.45, 2.75) is 65.3 Å². The molecule has 2 aromatic carbocycles. The molecule has 2 aromatic heterocycles. The van der Waals surface area contributed by atoms with Crippen molar-refractivity contribution < 1.29 is 19.1 Å². The minimum atomic E-state index is -0.999. The molecule has 6 N–H and O–H groups in total. The number of aromatic amines is 1. The van der Waals surface area contributed by atoms with Crippen molar-refractivity contribution in [1.82, 2.24) is 19.9 Å². The Hall–Kier alpha value is -4.84. The molecule has 0 spiro atoms. The first-order valence-electron chi connectivity index (χ1n) is 14.7.